The van der Waals surface area contributed by atoms with E-state index in [1.54, 1.807) is 0 Å². The lowest BCUT2D eigenvalue weighted by atomic mass is 10.0. The molecule has 0 saturated heterocycles. The number of benzene rings is 2. The van der Waals surface area contributed by atoms with E-state index in [4.69, 9.17) is 18.0 Å². The highest BCUT2D eigenvalue weighted by molar-refractivity contribution is 7.81. The zero-order valence-corrected chi connectivity index (χ0v) is 9.00. The van der Waals surface area contributed by atoms with Crippen LogP contribution in [0.1, 0.15) is 11.1 Å². The lowest BCUT2D eigenvalue weighted by Crippen LogP contribution is -2.03. The molecule has 0 aliphatic rings. The van der Waals surface area contributed by atoms with Crippen molar-refractivity contribution >= 4 is 22.8 Å². The average Bonchev–Trinajstić information content (AvgIpc) is 2.30. The lowest BCUT2D eigenvalue weighted by Gasteiger charge is -2.06. The first-order chi connectivity index (χ1) is 7.29. The zero-order chi connectivity index (χ0) is 10.7. The van der Waals surface area contributed by atoms with Gasteiger partial charge >= 0.3 is 0 Å². The Morgan fingerprint density at radius 2 is 1.47 bits per heavy atom. The van der Waals surface area contributed by atoms with Crippen LogP contribution in [0.5, 0.6) is 0 Å². The number of rotatable bonds is 2. The number of nitrogens with two attached hydrogens (primary N) is 1. The number of anilines is 1. The number of para-hydroxylation sites is 1. The molecule has 0 bridgehead atoms. The predicted molar refractivity (Wildman–Crippen MR) is 68.1 cm³/mol. The van der Waals surface area contributed by atoms with Gasteiger partial charge in [0.1, 0.15) is 0 Å². The first-order valence-electron chi connectivity index (χ1n) is 4.73. The van der Waals surface area contributed by atoms with Crippen molar-refractivity contribution in [1.82, 2.24) is 0 Å². The van der Waals surface area contributed by atoms with Crippen molar-refractivity contribution in [2.24, 2.45) is 0 Å². The van der Waals surface area contributed by atoms with Gasteiger partial charge in [-0.15, -0.1) is 0 Å². The first kappa shape index (κ1) is 9.87. The van der Waals surface area contributed by atoms with Gasteiger partial charge in [-0.2, -0.15) is 0 Å². The summed E-state index contributed by atoms with van der Waals surface area (Å²) in [6.07, 6.45) is 0. The molecule has 2 aromatic carbocycles. The van der Waals surface area contributed by atoms with Crippen LogP contribution in [0.2, 0.25) is 0 Å². The standard InChI is InChI=1S/C13H11NS/c14-12-9-5-4-8-11(12)13(15)10-6-2-1-3-7-10/h1-9H,14H2. The van der Waals surface area contributed by atoms with E-state index in [9.17, 15) is 0 Å². The third kappa shape index (κ3) is 2.05. The molecular formula is C13H11NS. The van der Waals surface area contributed by atoms with Crippen LogP contribution in [-0.2, 0) is 0 Å². The Labute approximate surface area is 94.6 Å². The molecule has 2 heteroatoms. The Kier molecular flexibility index (Phi) is 2.79. The van der Waals surface area contributed by atoms with Gasteiger partial charge in [0.2, 0.25) is 0 Å². The molecule has 0 aromatic heterocycles. The van der Waals surface area contributed by atoms with E-state index in [0.717, 1.165) is 21.7 Å². The van der Waals surface area contributed by atoms with Crippen LogP contribution in [0.15, 0.2) is 54.6 Å². The van der Waals surface area contributed by atoms with E-state index >= 15 is 0 Å². The third-order valence-corrected chi connectivity index (χ3v) is 2.70. The smallest absolute Gasteiger partial charge is 0.0542 e. The molecule has 0 aliphatic carbocycles. The highest BCUT2D eigenvalue weighted by Crippen LogP contribution is 2.16. The quantitative estimate of drug-likeness (QED) is 0.471. The van der Waals surface area contributed by atoms with Crippen molar-refractivity contribution in [3.8, 4) is 0 Å². The molecule has 2 rings (SSSR count). The molecule has 74 valence electrons. The highest BCUT2D eigenvalue weighted by Gasteiger charge is 2.06. The van der Waals surface area contributed by atoms with Crippen LogP contribution >= 0.6 is 12.2 Å². The highest BCUT2D eigenvalue weighted by atomic mass is 32.1. The van der Waals surface area contributed by atoms with Gasteiger partial charge < -0.3 is 5.73 Å². The van der Waals surface area contributed by atoms with Gasteiger partial charge in [0.15, 0.2) is 0 Å². The second-order valence-corrected chi connectivity index (χ2v) is 3.69. The van der Waals surface area contributed by atoms with Crippen LogP contribution in [0.25, 0.3) is 0 Å². The Hall–Kier alpha value is -1.67. The molecule has 15 heavy (non-hydrogen) atoms. The largest absolute Gasteiger partial charge is 0.398 e. The minimum absolute atomic E-state index is 0.728. The van der Waals surface area contributed by atoms with Crippen LogP contribution in [0, 0.1) is 0 Å². The topological polar surface area (TPSA) is 26.0 Å². The molecule has 0 saturated carbocycles. The molecule has 0 fully saturated rings. The summed E-state index contributed by atoms with van der Waals surface area (Å²) in [6, 6.07) is 17.6. The molecular weight excluding hydrogens is 202 g/mol. The number of nitrogen functional groups attached to an aromatic ring is 1. The van der Waals surface area contributed by atoms with Crippen LogP contribution in [0.3, 0.4) is 0 Å². The molecule has 0 spiro atoms. The van der Waals surface area contributed by atoms with Crippen molar-refractivity contribution < 1.29 is 0 Å². The summed E-state index contributed by atoms with van der Waals surface area (Å²) in [5.41, 5.74) is 8.56. The molecule has 0 atom stereocenters. The average molecular weight is 213 g/mol. The van der Waals surface area contributed by atoms with Gasteiger partial charge in [-0.25, -0.2) is 0 Å². The minimum Gasteiger partial charge on any atom is -0.398 e. The van der Waals surface area contributed by atoms with Crippen LogP contribution in [0.4, 0.5) is 5.69 Å². The molecule has 0 unspecified atom stereocenters. The van der Waals surface area contributed by atoms with E-state index in [0.29, 0.717) is 0 Å². The van der Waals surface area contributed by atoms with E-state index in [1.807, 2.05) is 54.6 Å². The van der Waals surface area contributed by atoms with E-state index < -0.39 is 0 Å². The molecule has 0 amide bonds. The van der Waals surface area contributed by atoms with E-state index in [1.165, 1.54) is 0 Å². The summed E-state index contributed by atoms with van der Waals surface area (Å²) in [6.45, 7) is 0. The molecule has 2 N–H and O–H groups in total. The first-order valence-corrected chi connectivity index (χ1v) is 5.14. The fourth-order valence-corrected chi connectivity index (χ4v) is 1.77. The van der Waals surface area contributed by atoms with E-state index in [2.05, 4.69) is 0 Å². The normalized spacial score (nSPS) is 9.87. The number of hydrogen-bond acceptors (Lipinski definition) is 2. The third-order valence-electron chi connectivity index (χ3n) is 2.24. The summed E-state index contributed by atoms with van der Waals surface area (Å²) in [5, 5.41) is 0. The van der Waals surface area contributed by atoms with Gasteiger partial charge in [-0.1, -0.05) is 60.7 Å². The molecule has 0 radical (unpaired) electrons. The lowest BCUT2D eigenvalue weighted by molar-refractivity contribution is 1.61. The monoisotopic (exact) mass is 213 g/mol. The second kappa shape index (κ2) is 4.24. The van der Waals surface area contributed by atoms with Gasteiger partial charge in [0.25, 0.3) is 0 Å². The van der Waals surface area contributed by atoms with Crippen LogP contribution < -0.4 is 5.73 Å². The molecule has 2 aromatic rings. The minimum atomic E-state index is 0.728. The summed E-state index contributed by atoms with van der Waals surface area (Å²) >= 11 is 5.39. The van der Waals surface area contributed by atoms with Crippen LogP contribution in [-0.4, -0.2) is 4.86 Å². The fraction of sp³-hybridized carbons (Fsp3) is 0. The number of thiocarbonyl (C=S) groups is 1. The Bertz CT molecular complexity index is 477. The Morgan fingerprint density at radius 1 is 0.867 bits per heavy atom. The summed E-state index contributed by atoms with van der Waals surface area (Å²) in [7, 11) is 0. The summed E-state index contributed by atoms with van der Waals surface area (Å²) in [5.74, 6) is 0. The molecule has 0 aliphatic heterocycles. The van der Waals surface area contributed by atoms with E-state index in [-0.39, 0.29) is 0 Å². The fourth-order valence-electron chi connectivity index (χ4n) is 1.45. The SMILES string of the molecule is Nc1ccccc1C(=S)c1ccccc1. The number of hydrogen-bond donors (Lipinski definition) is 1. The predicted octanol–water partition coefficient (Wildman–Crippen LogP) is 3.04. The molecule has 0 heterocycles. The second-order valence-electron chi connectivity index (χ2n) is 3.28. The van der Waals surface area contributed by atoms with Gasteiger partial charge in [0, 0.05) is 11.3 Å². The maximum Gasteiger partial charge on any atom is 0.0542 e. The van der Waals surface area contributed by atoms with Crippen molar-refractivity contribution in [3.63, 3.8) is 0 Å². The summed E-state index contributed by atoms with van der Waals surface area (Å²) in [4.78, 5) is 0.800. The Morgan fingerprint density at radius 3 is 2.13 bits per heavy atom. The maximum absolute atomic E-state index is 5.87. The van der Waals surface area contributed by atoms with Crippen molar-refractivity contribution in [3.05, 3.63) is 65.7 Å². The van der Waals surface area contributed by atoms with Gasteiger partial charge in [-0.3, -0.25) is 0 Å². The van der Waals surface area contributed by atoms with Crippen molar-refractivity contribution in [1.29, 1.82) is 0 Å². The summed E-state index contributed by atoms with van der Waals surface area (Å²) < 4.78 is 0. The van der Waals surface area contributed by atoms with Gasteiger partial charge in [0.05, 0.1) is 4.86 Å². The van der Waals surface area contributed by atoms with Crippen molar-refractivity contribution in [2.75, 3.05) is 5.73 Å². The zero-order valence-electron chi connectivity index (χ0n) is 8.18. The van der Waals surface area contributed by atoms with Crippen molar-refractivity contribution in [2.45, 2.75) is 0 Å². The maximum atomic E-state index is 5.87. The molecule has 1 nitrogen and oxygen atoms in total. The Balaban J connectivity index is 2.42. The van der Waals surface area contributed by atoms with Gasteiger partial charge in [-0.05, 0) is 11.6 Å².